The summed E-state index contributed by atoms with van der Waals surface area (Å²) < 4.78 is 0. The summed E-state index contributed by atoms with van der Waals surface area (Å²) in [6.45, 7) is 3.89. The molecule has 28 heavy (non-hydrogen) atoms. The molecule has 0 N–H and O–H groups in total. The van der Waals surface area contributed by atoms with Crippen LogP contribution in [0.3, 0.4) is 0 Å². The van der Waals surface area contributed by atoms with Gasteiger partial charge in [0.1, 0.15) is 17.3 Å². The van der Waals surface area contributed by atoms with Gasteiger partial charge in [-0.3, -0.25) is 14.5 Å². The van der Waals surface area contributed by atoms with Gasteiger partial charge in [0, 0.05) is 12.7 Å². The molecule has 0 unspecified atom stereocenters. The number of allylic oxidation sites excluding steroid dienone is 1. The van der Waals surface area contributed by atoms with Gasteiger partial charge in [-0.05, 0) is 43.2 Å². The number of aromatic nitrogens is 1. The van der Waals surface area contributed by atoms with Crippen molar-refractivity contribution in [3.05, 3.63) is 83.6 Å². The molecule has 0 saturated heterocycles. The van der Waals surface area contributed by atoms with Crippen molar-refractivity contribution in [2.75, 3.05) is 11.4 Å². The largest absolute Gasteiger partial charge is 0.292 e. The van der Waals surface area contributed by atoms with Gasteiger partial charge < -0.3 is 0 Å². The Bertz CT molecular complexity index is 1060. The predicted octanol–water partition coefficient (Wildman–Crippen LogP) is 3.35. The van der Waals surface area contributed by atoms with E-state index < -0.39 is 10.8 Å². The van der Waals surface area contributed by atoms with Crippen LogP contribution in [0.15, 0.2) is 78.0 Å². The number of carbonyl (C=O) groups excluding carboxylic acids is 2. The summed E-state index contributed by atoms with van der Waals surface area (Å²) in [5.41, 5.74) is -0.698. The van der Waals surface area contributed by atoms with Crippen molar-refractivity contribution in [3.8, 4) is 6.07 Å². The van der Waals surface area contributed by atoms with E-state index >= 15 is 0 Å². The van der Waals surface area contributed by atoms with E-state index in [-0.39, 0.29) is 17.3 Å². The average Bonchev–Trinajstić information content (AvgIpc) is 2.73. The molecule has 4 rings (SSSR count). The number of hydrogen-bond acceptors (Lipinski definition) is 4. The Labute approximate surface area is 163 Å². The maximum Gasteiger partial charge on any atom is 0.247 e. The lowest BCUT2D eigenvalue weighted by molar-refractivity contribution is -0.125. The molecule has 5 nitrogen and oxygen atoms in total. The average molecular weight is 369 g/mol. The van der Waals surface area contributed by atoms with Crippen molar-refractivity contribution < 1.29 is 9.59 Å². The molecule has 2 aromatic rings. The lowest BCUT2D eigenvalue weighted by Crippen LogP contribution is -2.57. The Morgan fingerprint density at radius 1 is 1.07 bits per heavy atom. The Hall–Kier alpha value is -3.52. The molecule has 1 atom stereocenters. The first-order valence-electron chi connectivity index (χ1n) is 9.10. The van der Waals surface area contributed by atoms with Crippen molar-refractivity contribution in [2.24, 2.45) is 5.41 Å². The maximum absolute atomic E-state index is 13.9. The zero-order chi connectivity index (χ0) is 19.9. The first-order valence-corrected chi connectivity index (χ1v) is 9.10. The second kappa shape index (κ2) is 6.28. The van der Waals surface area contributed by atoms with Crippen LogP contribution in [0.25, 0.3) is 0 Å². The maximum atomic E-state index is 13.9. The minimum absolute atomic E-state index is 0.0159. The number of Topliss-reactive ketones (excluding diaryl/α,β-unsaturated/α-hetero) is 1. The van der Waals surface area contributed by atoms with Gasteiger partial charge in [-0.1, -0.05) is 42.5 Å². The van der Waals surface area contributed by atoms with Gasteiger partial charge in [-0.25, -0.2) is 4.98 Å². The molecule has 5 heteroatoms. The monoisotopic (exact) mass is 369 g/mol. The van der Waals surface area contributed by atoms with Crippen LogP contribution in [0, 0.1) is 16.7 Å². The van der Waals surface area contributed by atoms with E-state index in [1.807, 2.05) is 48.5 Å². The van der Waals surface area contributed by atoms with E-state index in [4.69, 9.17) is 0 Å². The highest BCUT2D eigenvalue weighted by molar-refractivity contribution is 6.14. The number of pyridine rings is 1. The number of hydrogen-bond donors (Lipinski definition) is 0. The minimum Gasteiger partial charge on any atom is -0.292 e. The molecule has 1 aliphatic heterocycles. The first kappa shape index (κ1) is 17.9. The van der Waals surface area contributed by atoms with E-state index in [2.05, 4.69) is 4.98 Å². The minimum atomic E-state index is -1.21. The summed E-state index contributed by atoms with van der Waals surface area (Å²) in [7, 11) is 0. The molecule has 0 saturated carbocycles. The van der Waals surface area contributed by atoms with Crippen LogP contribution in [0.5, 0.6) is 0 Å². The van der Waals surface area contributed by atoms with Crippen LogP contribution in [0.1, 0.15) is 19.4 Å². The molecule has 0 spiro atoms. The molecule has 2 heterocycles. The number of anilines is 1. The highest BCUT2D eigenvalue weighted by Crippen LogP contribution is 2.52. The fourth-order valence-corrected chi connectivity index (χ4v) is 4.24. The Morgan fingerprint density at radius 3 is 2.43 bits per heavy atom. The van der Waals surface area contributed by atoms with Crippen molar-refractivity contribution in [2.45, 2.75) is 19.3 Å². The number of nitrogens with zero attached hydrogens (tertiary/aromatic N) is 3. The van der Waals surface area contributed by atoms with E-state index in [0.717, 1.165) is 5.56 Å². The summed E-state index contributed by atoms with van der Waals surface area (Å²) in [5, 5.41) is 9.62. The number of carbonyl (C=O) groups is 2. The van der Waals surface area contributed by atoms with Crippen LogP contribution < -0.4 is 4.90 Å². The van der Waals surface area contributed by atoms with Crippen molar-refractivity contribution in [1.82, 2.24) is 4.98 Å². The molecule has 1 amide bonds. The van der Waals surface area contributed by atoms with E-state index in [1.54, 1.807) is 43.2 Å². The van der Waals surface area contributed by atoms with Gasteiger partial charge in [-0.2, -0.15) is 5.26 Å². The van der Waals surface area contributed by atoms with E-state index in [9.17, 15) is 14.9 Å². The molecule has 1 aromatic heterocycles. The van der Waals surface area contributed by atoms with Gasteiger partial charge in [0.25, 0.3) is 0 Å². The summed E-state index contributed by atoms with van der Waals surface area (Å²) in [6.07, 6.45) is 5.12. The second-order valence-corrected chi connectivity index (χ2v) is 7.52. The summed E-state index contributed by atoms with van der Waals surface area (Å²) in [4.78, 5) is 32.7. The first-order chi connectivity index (χ1) is 13.4. The van der Waals surface area contributed by atoms with Gasteiger partial charge >= 0.3 is 0 Å². The Balaban J connectivity index is 2.03. The topological polar surface area (TPSA) is 74.1 Å². The summed E-state index contributed by atoms with van der Waals surface area (Å²) in [6, 6.07) is 16.7. The fourth-order valence-electron chi connectivity index (χ4n) is 4.24. The SMILES string of the molecule is CC1(C)C(=O)C(C#N)=C[C@]2(c3ccccc3)C(=O)N(c3ccccn3)CC=C12. The smallest absolute Gasteiger partial charge is 0.247 e. The highest BCUT2D eigenvalue weighted by atomic mass is 16.2. The number of fused-ring (bicyclic) bond motifs is 1. The summed E-state index contributed by atoms with van der Waals surface area (Å²) >= 11 is 0. The van der Waals surface area contributed by atoms with E-state index in [0.29, 0.717) is 17.9 Å². The van der Waals surface area contributed by atoms with Crippen molar-refractivity contribution in [1.29, 1.82) is 5.26 Å². The molecule has 1 aliphatic carbocycles. The third kappa shape index (κ3) is 2.35. The van der Waals surface area contributed by atoms with Crippen LogP contribution in [0.2, 0.25) is 0 Å². The quantitative estimate of drug-likeness (QED) is 0.761. The third-order valence-corrected chi connectivity index (χ3v) is 5.61. The zero-order valence-corrected chi connectivity index (χ0v) is 15.7. The number of rotatable bonds is 2. The standard InChI is InChI=1S/C23H19N3O2/c1-22(2)18-11-13-26(19-10-6-7-12-25-19)21(28)23(18,14-16(15-24)20(22)27)17-8-4-3-5-9-17/h3-12,14H,13H2,1-2H3/t23-/m1/s1. The van der Waals surface area contributed by atoms with Crippen LogP contribution in [-0.4, -0.2) is 23.2 Å². The molecule has 0 fully saturated rings. The van der Waals surface area contributed by atoms with Crippen LogP contribution in [0.4, 0.5) is 5.82 Å². The second-order valence-electron chi connectivity index (χ2n) is 7.52. The number of ketones is 1. The predicted molar refractivity (Wildman–Crippen MR) is 105 cm³/mol. The molecule has 0 bridgehead atoms. The molecular formula is C23H19N3O2. The highest BCUT2D eigenvalue weighted by Gasteiger charge is 2.57. The molecule has 138 valence electrons. The van der Waals surface area contributed by atoms with Crippen molar-refractivity contribution in [3.63, 3.8) is 0 Å². The third-order valence-electron chi connectivity index (χ3n) is 5.61. The number of nitriles is 1. The van der Waals surface area contributed by atoms with Crippen molar-refractivity contribution >= 4 is 17.5 Å². The van der Waals surface area contributed by atoms with Gasteiger partial charge in [0.05, 0.1) is 11.0 Å². The molecular weight excluding hydrogens is 350 g/mol. The lowest BCUT2D eigenvalue weighted by atomic mass is 9.56. The molecule has 2 aliphatic rings. The van der Waals surface area contributed by atoms with E-state index in [1.165, 1.54) is 0 Å². The van der Waals surface area contributed by atoms with Gasteiger partial charge in [-0.15, -0.1) is 0 Å². The molecule has 0 radical (unpaired) electrons. The number of amides is 1. The van der Waals surface area contributed by atoms with Crippen LogP contribution >= 0.6 is 0 Å². The summed E-state index contributed by atoms with van der Waals surface area (Å²) in [5.74, 6) is 0.0786. The fraction of sp³-hybridized carbons (Fsp3) is 0.217. The zero-order valence-electron chi connectivity index (χ0n) is 15.7. The van der Waals surface area contributed by atoms with Crippen LogP contribution in [-0.2, 0) is 15.0 Å². The molecule has 1 aromatic carbocycles. The Morgan fingerprint density at radius 2 is 1.79 bits per heavy atom. The van der Waals surface area contributed by atoms with Gasteiger partial charge in [0.2, 0.25) is 5.91 Å². The van der Waals surface area contributed by atoms with Gasteiger partial charge in [0.15, 0.2) is 5.78 Å². The number of benzene rings is 1. The normalized spacial score (nSPS) is 23.4. The lowest BCUT2D eigenvalue weighted by Gasteiger charge is -2.48. The Kier molecular flexibility index (Phi) is 4.01.